The number of methoxy groups -OCH3 is 1. The number of benzene rings is 2. The lowest BCUT2D eigenvalue weighted by atomic mass is 10.2. The van der Waals surface area contributed by atoms with Gasteiger partial charge in [-0.3, -0.25) is 9.59 Å². The minimum atomic E-state index is -0.985. The van der Waals surface area contributed by atoms with Crippen molar-refractivity contribution in [3.05, 3.63) is 64.4 Å². The molecule has 2 aromatic carbocycles. The van der Waals surface area contributed by atoms with Gasteiger partial charge in [-0.2, -0.15) is 0 Å². The Bertz CT molecular complexity index is 865. The smallest absolute Gasteiger partial charge is 0.305 e. The van der Waals surface area contributed by atoms with Crippen LogP contribution in [0.2, 0.25) is 5.02 Å². The Kier molecular flexibility index (Phi) is 7.83. The van der Waals surface area contributed by atoms with Crippen LogP contribution in [0.3, 0.4) is 0 Å². The summed E-state index contributed by atoms with van der Waals surface area (Å²) in [6, 6.07) is 9.38. The van der Waals surface area contributed by atoms with Gasteiger partial charge in [0.25, 0.3) is 0 Å². The second-order valence-electron chi connectivity index (χ2n) is 5.67. The number of nitrogens with one attached hydrogen (secondary N) is 1. The molecule has 0 radical (unpaired) electrons. The van der Waals surface area contributed by atoms with E-state index in [4.69, 9.17) is 26.2 Å². The summed E-state index contributed by atoms with van der Waals surface area (Å²) < 4.78 is 24.7. The summed E-state index contributed by atoms with van der Waals surface area (Å²) >= 11 is 5.99. The number of carbonyl (C=O) groups is 2. The van der Waals surface area contributed by atoms with Gasteiger partial charge in [-0.15, -0.1) is 0 Å². The fourth-order valence-corrected chi connectivity index (χ4v) is 2.47. The molecule has 0 aliphatic rings. The van der Waals surface area contributed by atoms with Gasteiger partial charge < -0.3 is 19.9 Å². The molecule has 0 atom stereocenters. The Morgan fingerprint density at radius 1 is 1.25 bits per heavy atom. The predicted molar refractivity (Wildman–Crippen MR) is 103 cm³/mol. The molecule has 0 aliphatic heterocycles. The third-order valence-electron chi connectivity index (χ3n) is 3.69. The van der Waals surface area contributed by atoms with Crippen LogP contribution in [0.1, 0.15) is 17.5 Å². The molecular formula is C20H19ClFNO5. The number of carbonyl (C=O) groups excluding carboxylic acids is 1. The van der Waals surface area contributed by atoms with E-state index in [1.165, 1.54) is 25.3 Å². The molecule has 0 saturated carbocycles. The van der Waals surface area contributed by atoms with Gasteiger partial charge in [-0.05, 0) is 35.9 Å². The van der Waals surface area contributed by atoms with Crippen molar-refractivity contribution in [1.29, 1.82) is 0 Å². The molecule has 1 amide bonds. The first-order chi connectivity index (χ1) is 13.4. The van der Waals surface area contributed by atoms with Crippen LogP contribution < -0.4 is 14.8 Å². The molecule has 0 aromatic heterocycles. The van der Waals surface area contributed by atoms with Gasteiger partial charge in [-0.1, -0.05) is 23.7 Å². The van der Waals surface area contributed by atoms with Crippen molar-refractivity contribution in [3.63, 3.8) is 0 Å². The SMILES string of the molecule is COc1cc(/C=C/C(=O)NCCC(=O)O)ccc1OCc1c(F)cccc1Cl. The zero-order chi connectivity index (χ0) is 20.5. The van der Waals surface area contributed by atoms with Crippen molar-refractivity contribution in [1.82, 2.24) is 5.32 Å². The Morgan fingerprint density at radius 3 is 2.71 bits per heavy atom. The van der Waals surface area contributed by atoms with E-state index in [0.717, 1.165) is 0 Å². The molecule has 2 N–H and O–H groups in total. The van der Waals surface area contributed by atoms with E-state index in [-0.39, 0.29) is 30.2 Å². The first-order valence-corrected chi connectivity index (χ1v) is 8.70. The molecule has 2 aromatic rings. The second-order valence-corrected chi connectivity index (χ2v) is 6.07. The fourth-order valence-electron chi connectivity index (χ4n) is 2.25. The van der Waals surface area contributed by atoms with Crippen molar-refractivity contribution in [2.75, 3.05) is 13.7 Å². The molecule has 148 valence electrons. The summed E-state index contributed by atoms with van der Waals surface area (Å²) in [5, 5.41) is 11.3. The topological polar surface area (TPSA) is 84.9 Å². The number of ether oxygens (including phenoxy) is 2. The maximum Gasteiger partial charge on any atom is 0.305 e. The first-order valence-electron chi connectivity index (χ1n) is 8.32. The van der Waals surface area contributed by atoms with E-state index in [1.807, 2.05) is 0 Å². The van der Waals surface area contributed by atoms with Crippen LogP contribution >= 0.6 is 11.6 Å². The van der Waals surface area contributed by atoms with Gasteiger partial charge >= 0.3 is 5.97 Å². The highest BCUT2D eigenvalue weighted by atomic mass is 35.5. The second kappa shape index (κ2) is 10.3. The quantitative estimate of drug-likeness (QED) is 0.619. The summed E-state index contributed by atoms with van der Waals surface area (Å²) in [6.07, 6.45) is 2.69. The summed E-state index contributed by atoms with van der Waals surface area (Å²) in [5.41, 5.74) is 0.912. The van der Waals surface area contributed by atoms with Crippen molar-refractivity contribution in [2.45, 2.75) is 13.0 Å². The molecule has 6 nitrogen and oxygen atoms in total. The van der Waals surface area contributed by atoms with Crippen molar-refractivity contribution in [2.24, 2.45) is 0 Å². The highest BCUT2D eigenvalue weighted by Gasteiger charge is 2.10. The standard InChI is InChI=1S/C20H19ClFNO5/c1-27-18-11-13(6-8-19(24)23-10-9-20(25)26)5-7-17(18)28-12-14-15(21)3-2-4-16(14)22/h2-8,11H,9-10,12H2,1H3,(H,23,24)(H,25,26)/b8-6+. The lowest BCUT2D eigenvalue weighted by Gasteiger charge is -2.12. The number of carboxylic acid groups (broad SMARTS) is 1. The van der Waals surface area contributed by atoms with Gasteiger partial charge in [0.2, 0.25) is 5.91 Å². The average molecular weight is 408 g/mol. The molecule has 0 saturated heterocycles. The van der Waals surface area contributed by atoms with Crippen LogP contribution in [0.25, 0.3) is 6.08 Å². The Hall–Kier alpha value is -3.06. The summed E-state index contributed by atoms with van der Waals surface area (Å²) in [5.74, 6) is -1.05. The Labute approximate surface area is 166 Å². The lowest BCUT2D eigenvalue weighted by molar-refractivity contribution is -0.136. The molecular weight excluding hydrogens is 389 g/mol. The van der Waals surface area contributed by atoms with Crippen LogP contribution in [0.4, 0.5) is 4.39 Å². The molecule has 8 heteroatoms. The Balaban J connectivity index is 2.02. The normalized spacial score (nSPS) is 10.7. The highest BCUT2D eigenvalue weighted by molar-refractivity contribution is 6.31. The van der Waals surface area contributed by atoms with Gasteiger partial charge in [0, 0.05) is 18.2 Å². The van der Waals surface area contributed by atoms with Crippen molar-refractivity contribution in [3.8, 4) is 11.5 Å². The largest absolute Gasteiger partial charge is 0.493 e. The zero-order valence-corrected chi connectivity index (χ0v) is 15.8. The molecule has 0 heterocycles. The predicted octanol–water partition coefficient (Wildman–Crippen LogP) is 3.67. The first kappa shape index (κ1) is 21.2. The lowest BCUT2D eigenvalue weighted by Crippen LogP contribution is -2.23. The summed E-state index contributed by atoms with van der Waals surface area (Å²) in [4.78, 5) is 22.1. The highest BCUT2D eigenvalue weighted by Crippen LogP contribution is 2.30. The van der Waals surface area contributed by atoms with Crippen LogP contribution in [-0.4, -0.2) is 30.6 Å². The van der Waals surface area contributed by atoms with Crippen molar-refractivity contribution < 1.29 is 28.6 Å². The molecule has 0 unspecified atom stereocenters. The van der Waals surface area contributed by atoms with E-state index in [2.05, 4.69) is 5.32 Å². The van der Waals surface area contributed by atoms with E-state index in [1.54, 1.807) is 30.3 Å². The van der Waals surface area contributed by atoms with Gasteiger partial charge in [0.15, 0.2) is 11.5 Å². The average Bonchev–Trinajstić information content (AvgIpc) is 2.66. The zero-order valence-electron chi connectivity index (χ0n) is 15.1. The van der Waals surface area contributed by atoms with Crippen molar-refractivity contribution >= 4 is 29.6 Å². The van der Waals surface area contributed by atoms with Crippen LogP contribution in [0.15, 0.2) is 42.5 Å². The van der Waals surface area contributed by atoms with Gasteiger partial charge in [-0.25, -0.2) is 4.39 Å². The van der Waals surface area contributed by atoms with E-state index >= 15 is 0 Å². The molecule has 28 heavy (non-hydrogen) atoms. The molecule has 0 fully saturated rings. The van der Waals surface area contributed by atoms with E-state index in [0.29, 0.717) is 17.1 Å². The maximum atomic E-state index is 13.8. The van der Waals surface area contributed by atoms with Crippen LogP contribution in [0.5, 0.6) is 11.5 Å². The van der Waals surface area contributed by atoms with Gasteiger partial charge in [0.1, 0.15) is 12.4 Å². The fraction of sp³-hybridized carbons (Fsp3) is 0.200. The van der Waals surface area contributed by atoms with Gasteiger partial charge in [0.05, 0.1) is 18.6 Å². The summed E-state index contributed by atoms with van der Waals surface area (Å²) in [6.45, 7) is -0.0176. The number of aliphatic carboxylic acids is 1. The molecule has 0 aliphatic carbocycles. The third-order valence-corrected chi connectivity index (χ3v) is 4.04. The number of halogens is 2. The third kappa shape index (κ3) is 6.28. The molecule has 2 rings (SSSR count). The number of carboxylic acids is 1. The van der Waals surface area contributed by atoms with Crippen LogP contribution in [0, 0.1) is 5.82 Å². The minimum absolute atomic E-state index is 0.0488. The number of amides is 1. The number of hydrogen-bond acceptors (Lipinski definition) is 4. The Morgan fingerprint density at radius 2 is 2.04 bits per heavy atom. The molecule has 0 bridgehead atoms. The summed E-state index contributed by atoms with van der Waals surface area (Å²) in [7, 11) is 1.46. The number of rotatable bonds is 9. The number of hydrogen-bond donors (Lipinski definition) is 2. The molecule has 0 spiro atoms. The van der Waals surface area contributed by atoms with Crippen LogP contribution in [-0.2, 0) is 16.2 Å². The van der Waals surface area contributed by atoms with E-state index < -0.39 is 17.7 Å². The minimum Gasteiger partial charge on any atom is -0.493 e. The van der Waals surface area contributed by atoms with E-state index in [9.17, 15) is 14.0 Å². The maximum absolute atomic E-state index is 13.8. The monoisotopic (exact) mass is 407 g/mol.